The molecule has 2 saturated carbocycles. The number of carbonyl (C=O) groups is 8. The second-order valence-electron chi connectivity index (χ2n) is 32.4. The maximum absolute atomic E-state index is 14.2. The van der Waals surface area contributed by atoms with Crippen molar-refractivity contribution in [3.05, 3.63) is 83.2 Å². The van der Waals surface area contributed by atoms with Crippen LogP contribution in [0.2, 0.25) is 0 Å². The number of benzene rings is 3. The van der Waals surface area contributed by atoms with Gasteiger partial charge in [-0.1, -0.05) is 104 Å². The monoisotopic (exact) mass is 1690 g/mol. The number of anilines is 1. The maximum atomic E-state index is 14.2. The quantitative estimate of drug-likeness (QED) is 0.0301. The average Bonchev–Trinajstić information content (AvgIpc) is 1.62. The van der Waals surface area contributed by atoms with Crippen molar-refractivity contribution in [2.24, 2.45) is 27.7 Å². The Labute approximate surface area is 711 Å². The van der Waals surface area contributed by atoms with Gasteiger partial charge in [-0.2, -0.15) is 0 Å². The number of aliphatic imine (C=N–C) groups is 2. The summed E-state index contributed by atoms with van der Waals surface area (Å²) in [6.07, 6.45) is 29.0. The fourth-order valence-corrected chi connectivity index (χ4v) is 17.1. The number of thioether (sulfide) groups is 1. The van der Waals surface area contributed by atoms with Crippen molar-refractivity contribution in [3.63, 3.8) is 0 Å². The summed E-state index contributed by atoms with van der Waals surface area (Å²) in [6, 6.07) is 11.9. The Hall–Kier alpha value is -8.33. The van der Waals surface area contributed by atoms with E-state index in [2.05, 4.69) is 35.1 Å². The predicted octanol–water partition coefficient (Wildman–Crippen LogP) is 12.1. The number of hydrogen-bond donors (Lipinski definition) is 4. The van der Waals surface area contributed by atoms with E-state index in [9.17, 15) is 38.4 Å². The molecule has 10 rings (SSSR count). The Balaban J connectivity index is 0.490. The molecule has 0 bridgehead atoms. The smallest absolute Gasteiger partial charge is 0.260 e. The van der Waals surface area contributed by atoms with Gasteiger partial charge >= 0.3 is 0 Å². The number of amides is 8. The minimum Gasteiger partial charge on any atom is -0.493 e. The van der Waals surface area contributed by atoms with Gasteiger partial charge in [0.05, 0.1) is 173 Å². The van der Waals surface area contributed by atoms with Gasteiger partial charge in [0.2, 0.25) is 35.4 Å². The number of unbranched alkanes of at least 4 members (excludes halogenated alkanes) is 2. The van der Waals surface area contributed by atoms with Crippen molar-refractivity contribution in [1.82, 2.24) is 30.7 Å². The molecular weight excluding hydrogens is 1560 g/mol. The summed E-state index contributed by atoms with van der Waals surface area (Å²) < 4.78 is 68.3. The highest BCUT2D eigenvalue weighted by Gasteiger charge is 2.44. The van der Waals surface area contributed by atoms with Crippen molar-refractivity contribution in [2.75, 3.05) is 152 Å². The summed E-state index contributed by atoms with van der Waals surface area (Å²) in [6.45, 7) is 16.6. The Morgan fingerprint density at radius 1 is 0.517 bits per heavy atom. The Kier molecular flexibility index (Phi) is 38.9. The van der Waals surface area contributed by atoms with Crippen LogP contribution >= 0.6 is 11.8 Å². The molecule has 8 amide bonds. The van der Waals surface area contributed by atoms with Crippen LogP contribution in [0.15, 0.2) is 76.5 Å². The molecule has 3 fully saturated rings. The topological polar surface area (TPSA) is 330 Å². The SMILES string of the molecule is COc1cc2c(cc1OCCCCCOc1cc3c(cc1OC)C(=O)N1C=C(C4CC4)C[C@@H]1C=N3)N=C[C@H]1CC(c3ccc(NC(=O)[C@@H](C)NC(=O)[C@H](NC(=O)CCOCCOCCOCCOCCOCCOCCOCCOCCNC(=O)CCN4C(=O)CC(SC(C)(C)C5CCCCCCCCCCCC5)C4=O)C(C)C)cc3)=CN1C2=O. The number of rotatable bonds is 51. The molecule has 7 aliphatic rings. The lowest BCUT2D eigenvalue weighted by atomic mass is 9.85. The molecule has 5 heterocycles. The highest BCUT2D eigenvalue weighted by atomic mass is 32.2. The predicted molar refractivity (Wildman–Crippen MR) is 459 cm³/mol. The molecule has 0 spiro atoms. The van der Waals surface area contributed by atoms with E-state index in [4.69, 9.17) is 66.8 Å². The molecule has 0 aromatic heterocycles. The van der Waals surface area contributed by atoms with Crippen LogP contribution < -0.4 is 40.2 Å². The maximum Gasteiger partial charge on any atom is 0.260 e. The third-order valence-corrected chi connectivity index (χ3v) is 24.2. The van der Waals surface area contributed by atoms with Crippen LogP contribution in [0, 0.1) is 17.8 Å². The highest BCUT2D eigenvalue weighted by molar-refractivity contribution is 8.02. The molecule has 3 aromatic rings. The first kappa shape index (κ1) is 93.9. The van der Waals surface area contributed by atoms with Gasteiger partial charge in [0.15, 0.2) is 23.0 Å². The Morgan fingerprint density at radius 3 is 1.50 bits per heavy atom. The number of carbonyl (C=O) groups excluding carboxylic acids is 8. The zero-order chi connectivity index (χ0) is 85.0. The Morgan fingerprint density at radius 2 is 1.00 bits per heavy atom. The van der Waals surface area contributed by atoms with Gasteiger partial charge in [0, 0.05) is 86.2 Å². The molecule has 4 N–H and O–H groups in total. The molecule has 5 aliphatic heterocycles. The van der Waals surface area contributed by atoms with Crippen molar-refractivity contribution in [2.45, 2.75) is 210 Å². The number of fused-ring (bicyclic) bond motifs is 4. The minimum absolute atomic E-state index is 0.0172. The van der Waals surface area contributed by atoms with Crippen LogP contribution in [0.5, 0.6) is 23.0 Å². The minimum atomic E-state index is -0.935. The molecule has 0 radical (unpaired) electrons. The fourth-order valence-electron chi connectivity index (χ4n) is 15.5. The number of imide groups is 1. The van der Waals surface area contributed by atoms with E-state index in [-0.39, 0.29) is 97.2 Å². The summed E-state index contributed by atoms with van der Waals surface area (Å²) in [5.41, 5.74) is 5.50. The molecule has 120 heavy (non-hydrogen) atoms. The Bertz CT molecular complexity index is 3950. The third-order valence-electron chi connectivity index (χ3n) is 22.6. The van der Waals surface area contributed by atoms with Crippen LogP contribution in [0.3, 0.4) is 0 Å². The summed E-state index contributed by atoms with van der Waals surface area (Å²) in [5, 5.41) is 10.8. The number of likely N-dealkylation sites (tertiary alicyclic amines) is 1. The van der Waals surface area contributed by atoms with E-state index in [1.165, 1.54) is 107 Å². The van der Waals surface area contributed by atoms with Crippen molar-refractivity contribution in [3.8, 4) is 23.0 Å². The second kappa shape index (κ2) is 49.7. The third kappa shape index (κ3) is 29.5. The van der Waals surface area contributed by atoms with Gasteiger partial charge in [-0.25, -0.2) is 0 Å². The summed E-state index contributed by atoms with van der Waals surface area (Å²) in [4.78, 5) is 121. The molecule has 30 heteroatoms. The summed E-state index contributed by atoms with van der Waals surface area (Å²) >= 11 is 1.67. The van der Waals surface area contributed by atoms with Crippen LogP contribution in [0.25, 0.3) is 5.57 Å². The normalized spacial score (nSPS) is 18.9. The van der Waals surface area contributed by atoms with E-state index >= 15 is 0 Å². The second-order valence-corrected chi connectivity index (χ2v) is 34.3. The van der Waals surface area contributed by atoms with E-state index in [1.807, 2.05) is 30.7 Å². The van der Waals surface area contributed by atoms with Crippen LogP contribution in [0.1, 0.15) is 202 Å². The number of hydrogen-bond acceptors (Lipinski definition) is 23. The summed E-state index contributed by atoms with van der Waals surface area (Å²) in [5.74, 6) is 0.487. The lowest BCUT2D eigenvalue weighted by molar-refractivity contribution is -0.138. The fraction of sp³-hybridized carbons (Fsp3) is 0.644. The number of ether oxygens (including phenoxy) is 12. The standard InChI is InChI=1S/C90H129N9O20S/c1-62(2)84(96-82(101)30-35-110-37-39-112-41-43-114-45-47-116-49-50-117-48-46-115-44-42-113-40-38-111-36-31-91-81(100)29-32-97-83(102)57-80(89(97)107)120-90(4,5)68-21-17-14-12-10-8-9-11-13-15-18-22-68)86(104)94-63(3)85(103)95-69-27-25-65(26-28-69)67-52-71-59-93-75-56-79(77(109-7)54-73(75)88(106)99(71)61-67)119-34-20-16-19-33-118-78-55-74-72(53-76(78)108-6)87(105)98-60-66(64-23-24-64)51-70(98)58-92-74/h25-28,53-56,58-64,68,70-71,80,84H,8-24,29-52,57H2,1-7H3,(H,91,100)(H,94,104)(H,95,103)(H,96,101)/t63-,70-,71-,80?,84-/m1/s1. The van der Waals surface area contributed by atoms with E-state index in [1.54, 1.807) is 92.1 Å². The number of nitrogens with zero attached hydrogens (tertiary/aromatic N) is 5. The summed E-state index contributed by atoms with van der Waals surface area (Å²) in [7, 11) is 3.10. The first-order valence-electron chi connectivity index (χ1n) is 43.5. The van der Waals surface area contributed by atoms with Crippen molar-refractivity contribution in [1.29, 1.82) is 0 Å². The van der Waals surface area contributed by atoms with Gasteiger partial charge in [-0.05, 0) is 117 Å². The zero-order valence-corrected chi connectivity index (χ0v) is 72.4. The van der Waals surface area contributed by atoms with Gasteiger partial charge < -0.3 is 87.9 Å². The van der Waals surface area contributed by atoms with E-state index in [0.29, 0.717) is 182 Å². The average molecular weight is 1690 g/mol. The lowest BCUT2D eigenvalue weighted by Crippen LogP contribution is -2.53. The first-order valence-corrected chi connectivity index (χ1v) is 44.4. The lowest BCUT2D eigenvalue weighted by Gasteiger charge is -2.36. The molecule has 660 valence electrons. The number of nitrogens with one attached hydrogen (secondary N) is 4. The van der Waals surface area contributed by atoms with Gasteiger partial charge in [-0.15, -0.1) is 11.8 Å². The molecule has 1 saturated heterocycles. The molecule has 1 unspecified atom stereocenters. The van der Waals surface area contributed by atoms with E-state index in [0.717, 1.165) is 36.8 Å². The van der Waals surface area contributed by atoms with Crippen molar-refractivity contribution < 1.29 is 95.2 Å². The highest BCUT2D eigenvalue weighted by Crippen LogP contribution is 2.47. The zero-order valence-electron chi connectivity index (χ0n) is 71.6. The molecule has 5 atom stereocenters. The molecule has 3 aromatic carbocycles. The number of methoxy groups -OCH3 is 2. The van der Waals surface area contributed by atoms with Gasteiger partial charge in [0.1, 0.15) is 12.1 Å². The molecule has 2 aliphatic carbocycles. The largest absolute Gasteiger partial charge is 0.493 e. The molecular formula is C90H129N9O20S. The van der Waals surface area contributed by atoms with Gasteiger partial charge in [-0.3, -0.25) is 53.2 Å². The first-order chi connectivity index (χ1) is 58.3. The van der Waals surface area contributed by atoms with Crippen LogP contribution in [-0.2, 0) is 66.7 Å². The van der Waals surface area contributed by atoms with Crippen molar-refractivity contribution >= 4 is 94.1 Å². The van der Waals surface area contributed by atoms with Crippen LogP contribution in [0.4, 0.5) is 17.1 Å². The van der Waals surface area contributed by atoms with Gasteiger partial charge in [0.25, 0.3) is 11.8 Å². The van der Waals surface area contributed by atoms with E-state index < -0.39 is 29.1 Å². The molecule has 29 nitrogen and oxygen atoms in total. The van der Waals surface area contributed by atoms with Crippen LogP contribution in [-0.4, -0.2) is 255 Å².